The lowest BCUT2D eigenvalue weighted by Gasteiger charge is -2.06. The maximum atomic E-state index is 13.3. The van der Waals surface area contributed by atoms with Gasteiger partial charge in [-0.15, -0.1) is 0 Å². The Morgan fingerprint density at radius 2 is 2.17 bits per heavy atom. The number of benzene rings is 1. The Hall–Kier alpha value is -1.36. The fraction of sp³-hybridized carbons (Fsp3) is 0.308. The third-order valence-electron chi connectivity index (χ3n) is 2.50. The number of rotatable bonds is 5. The first-order valence-corrected chi connectivity index (χ1v) is 6.83. The van der Waals surface area contributed by atoms with Gasteiger partial charge >= 0.3 is 0 Å². The van der Waals surface area contributed by atoms with E-state index in [1.165, 1.54) is 12.1 Å². The lowest BCUT2D eigenvalue weighted by Crippen LogP contribution is -1.96. The smallest absolute Gasteiger partial charge is 0.127 e. The maximum absolute atomic E-state index is 13.3. The van der Waals surface area contributed by atoms with E-state index in [0.29, 0.717) is 17.7 Å². The molecule has 1 heterocycles. The van der Waals surface area contributed by atoms with Crippen molar-refractivity contribution in [2.75, 3.05) is 0 Å². The van der Waals surface area contributed by atoms with Gasteiger partial charge in [0, 0.05) is 29.7 Å². The van der Waals surface area contributed by atoms with Crippen LogP contribution >= 0.6 is 15.9 Å². The number of aromatic nitrogens is 2. The van der Waals surface area contributed by atoms with Gasteiger partial charge < -0.3 is 4.74 Å². The first kappa shape index (κ1) is 13.1. The zero-order valence-electron chi connectivity index (χ0n) is 10.1. The molecule has 0 aliphatic rings. The lowest BCUT2D eigenvalue weighted by atomic mass is 10.2. The highest BCUT2D eigenvalue weighted by molar-refractivity contribution is 9.08. The van der Waals surface area contributed by atoms with E-state index in [0.717, 1.165) is 17.7 Å². The minimum absolute atomic E-state index is 0.286. The van der Waals surface area contributed by atoms with Crippen molar-refractivity contribution >= 4 is 15.9 Å². The zero-order valence-corrected chi connectivity index (χ0v) is 11.7. The molecule has 3 nitrogen and oxygen atoms in total. The Bertz CT molecular complexity index is 527. The van der Waals surface area contributed by atoms with Crippen molar-refractivity contribution in [1.29, 1.82) is 0 Å². The molecule has 5 heteroatoms. The monoisotopic (exact) mass is 312 g/mol. The highest BCUT2D eigenvalue weighted by Gasteiger charge is 2.03. The van der Waals surface area contributed by atoms with Gasteiger partial charge in [-0.05, 0) is 24.6 Å². The molecule has 0 spiro atoms. The number of hydrogen-bond acceptors (Lipinski definition) is 2. The summed E-state index contributed by atoms with van der Waals surface area (Å²) in [6, 6.07) is 4.69. The molecule has 0 amide bonds. The van der Waals surface area contributed by atoms with E-state index in [9.17, 15) is 4.39 Å². The molecule has 1 aromatic heterocycles. The number of aryl methyl sites for hydroxylation is 1. The standard InChI is InChI=1S/C13H14BrFN2O/c1-2-17-8-11(7-16-17)9-18-13-4-10(6-14)3-12(15)5-13/h3-5,7-8H,2,6,9H2,1H3. The summed E-state index contributed by atoms with van der Waals surface area (Å²) in [6.45, 7) is 3.24. The highest BCUT2D eigenvalue weighted by Crippen LogP contribution is 2.19. The number of ether oxygens (including phenoxy) is 1. The molecular weight excluding hydrogens is 299 g/mol. The van der Waals surface area contributed by atoms with E-state index in [2.05, 4.69) is 21.0 Å². The molecule has 0 N–H and O–H groups in total. The van der Waals surface area contributed by atoms with E-state index in [-0.39, 0.29) is 5.82 Å². The summed E-state index contributed by atoms with van der Waals surface area (Å²) in [5.74, 6) is 0.250. The predicted molar refractivity (Wildman–Crippen MR) is 71.3 cm³/mol. The van der Waals surface area contributed by atoms with Gasteiger partial charge in [0.2, 0.25) is 0 Å². The van der Waals surface area contributed by atoms with Crippen molar-refractivity contribution in [3.8, 4) is 5.75 Å². The second-order valence-electron chi connectivity index (χ2n) is 3.92. The van der Waals surface area contributed by atoms with E-state index in [4.69, 9.17) is 4.74 Å². The first-order valence-electron chi connectivity index (χ1n) is 5.71. The molecule has 0 saturated heterocycles. The zero-order chi connectivity index (χ0) is 13.0. The summed E-state index contributed by atoms with van der Waals surface area (Å²) in [5.41, 5.74) is 1.83. The van der Waals surface area contributed by atoms with Crippen LogP contribution in [0.5, 0.6) is 5.75 Å². The van der Waals surface area contributed by atoms with Crippen LogP contribution < -0.4 is 4.74 Å². The van der Waals surface area contributed by atoms with Crippen LogP contribution in [0.15, 0.2) is 30.6 Å². The molecule has 0 aliphatic carbocycles. The van der Waals surface area contributed by atoms with Crippen LogP contribution in [0.1, 0.15) is 18.1 Å². The molecule has 0 aliphatic heterocycles. The Morgan fingerprint density at radius 3 is 2.83 bits per heavy atom. The molecule has 1 aromatic carbocycles. The SMILES string of the molecule is CCn1cc(COc2cc(F)cc(CBr)c2)cn1. The van der Waals surface area contributed by atoms with Gasteiger partial charge in [-0.2, -0.15) is 5.10 Å². The fourth-order valence-electron chi connectivity index (χ4n) is 1.60. The van der Waals surface area contributed by atoms with Crippen LogP contribution in [-0.2, 0) is 18.5 Å². The second-order valence-corrected chi connectivity index (χ2v) is 4.48. The molecule has 2 rings (SSSR count). The first-order chi connectivity index (χ1) is 8.71. The average molecular weight is 313 g/mol. The van der Waals surface area contributed by atoms with E-state index in [1.807, 2.05) is 23.9 Å². The third kappa shape index (κ3) is 3.32. The van der Waals surface area contributed by atoms with Crippen LogP contribution in [0, 0.1) is 5.82 Å². The summed E-state index contributed by atoms with van der Waals surface area (Å²) >= 11 is 3.30. The molecule has 0 radical (unpaired) electrons. The van der Waals surface area contributed by atoms with Crippen molar-refractivity contribution < 1.29 is 9.13 Å². The summed E-state index contributed by atoms with van der Waals surface area (Å²) in [4.78, 5) is 0. The molecule has 96 valence electrons. The molecule has 0 fully saturated rings. The summed E-state index contributed by atoms with van der Waals surface area (Å²) in [7, 11) is 0. The summed E-state index contributed by atoms with van der Waals surface area (Å²) in [5, 5.41) is 4.76. The third-order valence-corrected chi connectivity index (χ3v) is 3.15. The van der Waals surface area contributed by atoms with Gasteiger partial charge in [0.1, 0.15) is 18.2 Å². The van der Waals surface area contributed by atoms with Gasteiger partial charge in [-0.25, -0.2) is 4.39 Å². The van der Waals surface area contributed by atoms with Crippen molar-refractivity contribution in [3.63, 3.8) is 0 Å². The average Bonchev–Trinajstić information content (AvgIpc) is 2.83. The van der Waals surface area contributed by atoms with Gasteiger partial charge in [0.05, 0.1) is 6.20 Å². The van der Waals surface area contributed by atoms with Crippen LogP contribution in [0.25, 0.3) is 0 Å². The molecule has 0 unspecified atom stereocenters. The second kappa shape index (κ2) is 6.00. The summed E-state index contributed by atoms with van der Waals surface area (Å²) in [6.07, 6.45) is 3.68. The Balaban J connectivity index is 2.03. The van der Waals surface area contributed by atoms with Crippen molar-refractivity contribution in [3.05, 3.63) is 47.5 Å². The van der Waals surface area contributed by atoms with Crippen LogP contribution in [0.3, 0.4) is 0 Å². The Morgan fingerprint density at radius 1 is 1.33 bits per heavy atom. The predicted octanol–water partition coefficient (Wildman–Crippen LogP) is 3.52. The number of nitrogens with zero attached hydrogens (tertiary/aromatic N) is 2. The van der Waals surface area contributed by atoms with E-state index in [1.54, 1.807) is 6.20 Å². The number of alkyl halides is 1. The van der Waals surface area contributed by atoms with E-state index >= 15 is 0 Å². The van der Waals surface area contributed by atoms with Crippen molar-refractivity contribution in [1.82, 2.24) is 9.78 Å². The maximum Gasteiger partial charge on any atom is 0.127 e. The normalized spacial score (nSPS) is 10.6. The molecular formula is C13H14BrFN2O. The number of hydrogen-bond donors (Lipinski definition) is 0. The Kier molecular flexibility index (Phi) is 4.36. The fourth-order valence-corrected chi connectivity index (χ4v) is 1.93. The van der Waals surface area contributed by atoms with Crippen molar-refractivity contribution in [2.45, 2.75) is 25.4 Å². The minimum Gasteiger partial charge on any atom is -0.489 e. The van der Waals surface area contributed by atoms with Crippen LogP contribution in [0.4, 0.5) is 4.39 Å². The van der Waals surface area contributed by atoms with Gasteiger partial charge in [0.25, 0.3) is 0 Å². The molecule has 0 saturated carbocycles. The van der Waals surface area contributed by atoms with Crippen LogP contribution in [0.2, 0.25) is 0 Å². The van der Waals surface area contributed by atoms with Gasteiger partial charge in [-0.1, -0.05) is 15.9 Å². The summed E-state index contributed by atoms with van der Waals surface area (Å²) < 4.78 is 20.7. The quantitative estimate of drug-likeness (QED) is 0.790. The number of halogens is 2. The molecule has 0 bridgehead atoms. The lowest BCUT2D eigenvalue weighted by molar-refractivity contribution is 0.304. The van der Waals surface area contributed by atoms with Gasteiger partial charge in [-0.3, -0.25) is 4.68 Å². The minimum atomic E-state index is -0.286. The van der Waals surface area contributed by atoms with Crippen LogP contribution in [-0.4, -0.2) is 9.78 Å². The molecule has 18 heavy (non-hydrogen) atoms. The van der Waals surface area contributed by atoms with Gasteiger partial charge in [0.15, 0.2) is 0 Å². The molecule has 0 atom stereocenters. The molecule has 2 aromatic rings. The van der Waals surface area contributed by atoms with E-state index < -0.39 is 0 Å². The van der Waals surface area contributed by atoms with Crippen molar-refractivity contribution in [2.24, 2.45) is 0 Å². The largest absolute Gasteiger partial charge is 0.489 e. The topological polar surface area (TPSA) is 27.1 Å². The Labute approximate surface area is 114 Å². The highest BCUT2D eigenvalue weighted by atomic mass is 79.9.